The van der Waals surface area contributed by atoms with Crippen LogP contribution in [0.5, 0.6) is 0 Å². The first-order valence-electron chi connectivity index (χ1n) is 9.17. The smallest absolute Gasteiger partial charge is 0.291 e. The van der Waals surface area contributed by atoms with Crippen molar-refractivity contribution in [3.8, 4) is 0 Å². The first-order chi connectivity index (χ1) is 12.6. The fraction of sp³-hybridized carbons (Fsp3) is 0.611. The van der Waals surface area contributed by atoms with E-state index in [1.54, 1.807) is 28.8 Å². The Kier molecular flexibility index (Phi) is 6.24. The molecule has 0 saturated carbocycles. The van der Waals surface area contributed by atoms with Crippen LogP contribution in [0.1, 0.15) is 49.6 Å². The molecule has 3 amide bonds. The van der Waals surface area contributed by atoms with E-state index in [0.29, 0.717) is 18.7 Å². The number of nitrogens with zero attached hydrogens (tertiary/aromatic N) is 1. The molecule has 0 aromatic carbocycles. The van der Waals surface area contributed by atoms with Crippen molar-refractivity contribution < 1.29 is 18.8 Å². The number of furan rings is 1. The second kappa shape index (κ2) is 8.62. The number of thioether (sulfide) groups is 1. The molecule has 0 bridgehead atoms. The molecule has 26 heavy (non-hydrogen) atoms. The van der Waals surface area contributed by atoms with Crippen molar-refractivity contribution in [2.24, 2.45) is 0 Å². The highest BCUT2D eigenvalue weighted by atomic mass is 32.2. The summed E-state index contributed by atoms with van der Waals surface area (Å²) in [6.45, 7) is 2.70. The monoisotopic (exact) mass is 379 g/mol. The number of hydrogen-bond donors (Lipinski definition) is 2. The number of hydrogen-bond acceptors (Lipinski definition) is 5. The minimum Gasteiger partial charge on any atom is -0.459 e. The largest absolute Gasteiger partial charge is 0.459 e. The molecule has 2 aliphatic rings. The van der Waals surface area contributed by atoms with Gasteiger partial charge in [-0.3, -0.25) is 14.4 Å². The molecule has 2 aliphatic heterocycles. The number of carbonyl (C=O) groups excluding carboxylic acids is 3. The topological polar surface area (TPSA) is 91.7 Å². The van der Waals surface area contributed by atoms with Crippen LogP contribution in [0.4, 0.5) is 0 Å². The second-order valence-corrected chi connectivity index (χ2v) is 7.84. The Morgan fingerprint density at radius 2 is 2.27 bits per heavy atom. The summed E-state index contributed by atoms with van der Waals surface area (Å²) >= 11 is 1.61. The first kappa shape index (κ1) is 18.8. The van der Waals surface area contributed by atoms with E-state index in [1.165, 1.54) is 6.26 Å². The molecule has 2 fully saturated rings. The van der Waals surface area contributed by atoms with Gasteiger partial charge in [-0.25, -0.2) is 0 Å². The molecule has 7 nitrogen and oxygen atoms in total. The quantitative estimate of drug-likeness (QED) is 0.813. The summed E-state index contributed by atoms with van der Waals surface area (Å²) in [5, 5.41) is 5.62. The summed E-state index contributed by atoms with van der Waals surface area (Å²) in [4.78, 5) is 39.5. The third kappa shape index (κ3) is 4.06. The highest BCUT2D eigenvalue weighted by Gasteiger charge is 2.43. The number of amides is 3. The highest BCUT2D eigenvalue weighted by Crippen LogP contribution is 2.33. The van der Waals surface area contributed by atoms with E-state index < -0.39 is 12.1 Å². The molecule has 0 radical (unpaired) electrons. The fourth-order valence-electron chi connectivity index (χ4n) is 3.38. The normalized spacial score (nSPS) is 26.3. The van der Waals surface area contributed by atoms with E-state index in [0.717, 1.165) is 25.7 Å². The average molecular weight is 379 g/mol. The van der Waals surface area contributed by atoms with Crippen LogP contribution in [0.15, 0.2) is 22.8 Å². The highest BCUT2D eigenvalue weighted by molar-refractivity contribution is 8.00. The third-order valence-corrected chi connectivity index (χ3v) is 6.10. The average Bonchev–Trinajstić information content (AvgIpc) is 3.26. The zero-order valence-corrected chi connectivity index (χ0v) is 15.7. The Balaban J connectivity index is 1.74. The summed E-state index contributed by atoms with van der Waals surface area (Å²) in [5.41, 5.74) is 0. The van der Waals surface area contributed by atoms with Gasteiger partial charge in [0.1, 0.15) is 12.1 Å². The lowest BCUT2D eigenvalue weighted by Gasteiger charge is -2.29. The van der Waals surface area contributed by atoms with Gasteiger partial charge in [-0.05, 0) is 37.8 Å². The molecular formula is C18H25N3O4S. The molecule has 3 unspecified atom stereocenters. The van der Waals surface area contributed by atoms with Crippen molar-refractivity contribution in [1.29, 1.82) is 0 Å². The van der Waals surface area contributed by atoms with Gasteiger partial charge in [-0.1, -0.05) is 13.3 Å². The Labute approximate surface area is 157 Å². The lowest BCUT2D eigenvalue weighted by Crippen LogP contribution is -2.54. The molecular weight excluding hydrogens is 354 g/mol. The van der Waals surface area contributed by atoms with E-state index in [9.17, 15) is 14.4 Å². The van der Waals surface area contributed by atoms with Crippen LogP contribution in [0.2, 0.25) is 0 Å². The van der Waals surface area contributed by atoms with Crippen LogP contribution in [-0.2, 0) is 9.59 Å². The predicted octanol–water partition coefficient (Wildman–Crippen LogP) is 1.75. The molecule has 3 heterocycles. The van der Waals surface area contributed by atoms with E-state index >= 15 is 0 Å². The van der Waals surface area contributed by atoms with Crippen molar-refractivity contribution in [3.63, 3.8) is 0 Å². The van der Waals surface area contributed by atoms with Crippen LogP contribution in [0.3, 0.4) is 0 Å². The maximum Gasteiger partial charge on any atom is 0.291 e. The molecule has 2 N–H and O–H groups in total. The maximum absolute atomic E-state index is 12.9. The van der Waals surface area contributed by atoms with E-state index in [-0.39, 0.29) is 28.9 Å². The SMILES string of the molecule is CCCC1SCC(C(=O)NC2CCCCNC2=O)N1C(=O)c1ccco1. The van der Waals surface area contributed by atoms with E-state index in [2.05, 4.69) is 17.6 Å². The van der Waals surface area contributed by atoms with E-state index in [4.69, 9.17) is 4.42 Å². The van der Waals surface area contributed by atoms with Crippen LogP contribution in [0, 0.1) is 0 Å². The van der Waals surface area contributed by atoms with E-state index in [1.807, 2.05) is 0 Å². The van der Waals surface area contributed by atoms with Crippen molar-refractivity contribution in [3.05, 3.63) is 24.2 Å². The van der Waals surface area contributed by atoms with Crippen molar-refractivity contribution >= 4 is 29.5 Å². The van der Waals surface area contributed by atoms with Gasteiger partial charge in [-0.2, -0.15) is 0 Å². The van der Waals surface area contributed by atoms with Gasteiger partial charge in [0.15, 0.2) is 5.76 Å². The Morgan fingerprint density at radius 1 is 1.42 bits per heavy atom. The van der Waals surface area contributed by atoms with Crippen LogP contribution in [0.25, 0.3) is 0 Å². The molecule has 142 valence electrons. The molecule has 1 aromatic rings. The summed E-state index contributed by atoms with van der Waals surface area (Å²) in [6, 6.07) is 2.16. The van der Waals surface area contributed by atoms with Crippen molar-refractivity contribution in [2.75, 3.05) is 12.3 Å². The van der Waals surface area contributed by atoms with Crippen molar-refractivity contribution in [1.82, 2.24) is 15.5 Å². The third-order valence-electron chi connectivity index (χ3n) is 4.75. The molecule has 1 aromatic heterocycles. The molecule has 3 atom stereocenters. The molecule has 0 spiro atoms. The van der Waals surface area contributed by atoms with Gasteiger partial charge in [-0.15, -0.1) is 11.8 Å². The fourth-order valence-corrected chi connectivity index (χ4v) is 4.90. The van der Waals surface area contributed by atoms with Crippen LogP contribution < -0.4 is 10.6 Å². The van der Waals surface area contributed by atoms with Crippen LogP contribution in [-0.4, -0.2) is 52.4 Å². The Bertz CT molecular complexity index is 649. The zero-order chi connectivity index (χ0) is 18.5. The molecule has 2 saturated heterocycles. The van der Waals surface area contributed by atoms with Gasteiger partial charge in [0.2, 0.25) is 11.8 Å². The predicted molar refractivity (Wildman–Crippen MR) is 98.6 cm³/mol. The van der Waals surface area contributed by atoms with Gasteiger partial charge >= 0.3 is 0 Å². The van der Waals surface area contributed by atoms with Gasteiger partial charge < -0.3 is 20.0 Å². The standard InChI is InChI=1S/C18H25N3O4S/c1-2-6-15-21(18(24)14-8-5-10-25-14)13(11-26-15)17(23)20-12-7-3-4-9-19-16(12)22/h5,8,10,12-13,15H,2-4,6-7,9,11H2,1H3,(H,19,22)(H,20,23). The Hall–Kier alpha value is -1.96. The van der Waals surface area contributed by atoms with Crippen molar-refractivity contribution in [2.45, 2.75) is 56.5 Å². The van der Waals surface area contributed by atoms with Gasteiger partial charge in [0.25, 0.3) is 5.91 Å². The summed E-state index contributed by atoms with van der Waals surface area (Å²) in [6.07, 6.45) is 5.61. The first-order valence-corrected chi connectivity index (χ1v) is 10.2. The van der Waals surface area contributed by atoms with Gasteiger partial charge in [0.05, 0.1) is 11.6 Å². The molecule has 3 rings (SSSR count). The molecule has 0 aliphatic carbocycles. The minimum absolute atomic E-state index is 0.0590. The second-order valence-electron chi connectivity index (χ2n) is 6.63. The molecule has 8 heteroatoms. The Morgan fingerprint density at radius 3 is 3.00 bits per heavy atom. The summed E-state index contributed by atoms with van der Waals surface area (Å²) < 4.78 is 5.25. The number of rotatable bonds is 5. The van der Waals surface area contributed by atoms with Gasteiger partial charge in [0, 0.05) is 12.3 Å². The summed E-state index contributed by atoms with van der Waals surface area (Å²) in [7, 11) is 0. The lowest BCUT2D eigenvalue weighted by atomic mass is 10.1. The lowest BCUT2D eigenvalue weighted by molar-refractivity contribution is -0.130. The number of nitrogens with one attached hydrogen (secondary N) is 2. The minimum atomic E-state index is -0.592. The maximum atomic E-state index is 12.9. The summed E-state index contributed by atoms with van der Waals surface area (Å²) in [5.74, 6) is 0.0770. The number of carbonyl (C=O) groups is 3. The zero-order valence-electron chi connectivity index (χ0n) is 14.9. The van der Waals surface area contributed by atoms with Crippen LogP contribution >= 0.6 is 11.8 Å².